The van der Waals surface area contributed by atoms with E-state index in [9.17, 15) is 4.79 Å². The minimum Gasteiger partial charge on any atom is -0.352 e. The standard InChI is InChI=1S/C15H30N2O/c1-5-12(6-2)17-14(18)11-16-13-7-9-15(3,4)10-8-13/h12-13,16H,5-11H2,1-4H3,(H,17,18). The summed E-state index contributed by atoms with van der Waals surface area (Å²) in [6, 6.07) is 0.870. The molecule has 3 heteroatoms. The molecule has 0 radical (unpaired) electrons. The van der Waals surface area contributed by atoms with E-state index in [0.717, 1.165) is 12.8 Å². The molecule has 1 aliphatic rings. The van der Waals surface area contributed by atoms with Crippen LogP contribution in [0, 0.1) is 5.41 Å². The maximum Gasteiger partial charge on any atom is 0.234 e. The van der Waals surface area contributed by atoms with E-state index in [0.29, 0.717) is 24.0 Å². The van der Waals surface area contributed by atoms with Crippen molar-refractivity contribution in [3.63, 3.8) is 0 Å². The van der Waals surface area contributed by atoms with Crippen LogP contribution < -0.4 is 10.6 Å². The summed E-state index contributed by atoms with van der Waals surface area (Å²) in [5.74, 6) is 0.147. The van der Waals surface area contributed by atoms with Crippen LogP contribution in [0.3, 0.4) is 0 Å². The summed E-state index contributed by atoms with van der Waals surface area (Å²) in [6.45, 7) is 9.38. The maximum absolute atomic E-state index is 11.8. The fourth-order valence-electron chi connectivity index (χ4n) is 2.61. The average Bonchev–Trinajstić information content (AvgIpc) is 2.34. The highest BCUT2D eigenvalue weighted by Crippen LogP contribution is 2.34. The van der Waals surface area contributed by atoms with Gasteiger partial charge in [-0.25, -0.2) is 0 Å². The Labute approximate surface area is 112 Å². The second-order valence-electron chi connectivity index (χ2n) is 6.40. The van der Waals surface area contributed by atoms with Crippen LogP contribution in [0.25, 0.3) is 0 Å². The van der Waals surface area contributed by atoms with E-state index in [1.54, 1.807) is 0 Å². The Hall–Kier alpha value is -0.570. The van der Waals surface area contributed by atoms with Crippen molar-refractivity contribution in [2.24, 2.45) is 5.41 Å². The second-order valence-corrected chi connectivity index (χ2v) is 6.40. The summed E-state index contributed by atoms with van der Waals surface area (Å²) in [6.07, 6.45) is 6.95. The van der Waals surface area contributed by atoms with Crippen molar-refractivity contribution in [2.45, 2.75) is 78.3 Å². The summed E-state index contributed by atoms with van der Waals surface area (Å²) in [5, 5.41) is 6.47. The van der Waals surface area contributed by atoms with E-state index in [-0.39, 0.29) is 5.91 Å². The van der Waals surface area contributed by atoms with Gasteiger partial charge in [0.2, 0.25) is 5.91 Å². The normalized spacial score (nSPS) is 20.1. The monoisotopic (exact) mass is 254 g/mol. The molecule has 0 bridgehead atoms. The number of hydrogen-bond donors (Lipinski definition) is 2. The van der Waals surface area contributed by atoms with Crippen molar-refractivity contribution in [3.05, 3.63) is 0 Å². The Balaban J connectivity index is 2.19. The lowest BCUT2D eigenvalue weighted by Gasteiger charge is -2.34. The number of nitrogens with one attached hydrogen (secondary N) is 2. The third kappa shape index (κ3) is 5.38. The van der Waals surface area contributed by atoms with Gasteiger partial charge in [-0.15, -0.1) is 0 Å². The van der Waals surface area contributed by atoms with Gasteiger partial charge in [-0.3, -0.25) is 4.79 Å². The minimum absolute atomic E-state index is 0.147. The smallest absolute Gasteiger partial charge is 0.234 e. The summed E-state index contributed by atoms with van der Waals surface area (Å²) < 4.78 is 0. The summed E-state index contributed by atoms with van der Waals surface area (Å²) in [7, 11) is 0. The van der Waals surface area contributed by atoms with Crippen molar-refractivity contribution in [2.75, 3.05) is 6.54 Å². The second kappa shape index (κ2) is 7.13. The molecule has 1 aliphatic carbocycles. The van der Waals surface area contributed by atoms with Gasteiger partial charge in [0.1, 0.15) is 0 Å². The molecule has 0 aliphatic heterocycles. The lowest BCUT2D eigenvalue weighted by molar-refractivity contribution is -0.121. The van der Waals surface area contributed by atoms with Crippen molar-refractivity contribution in [1.29, 1.82) is 0 Å². The van der Waals surface area contributed by atoms with Crippen LogP contribution in [-0.4, -0.2) is 24.5 Å². The predicted octanol–water partition coefficient (Wildman–Crippen LogP) is 2.85. The molecule has 0 aromatic heterocycles. The van der Waals surface area contributed by atoms with Gasteiger partial charge in [0, 0.05) is 12.1 Å². The van der Waals surface area contributed by atoms with Crippen LogP contribution in [0.4, 0.5) is 0 Å². The molecule has 2 N–H and O–H groups in total. The summed E-state index contributed by atoms with van der Waals surface area (Å²) in [4.78, 5) is 11.8. The van der Waals surface area contributed by atoms with Gasteiger partial charge in [-0.05, 0) is 43.9 Å². The van der Waals surface area contributed by atoms with Gasteiger partial charge >= 0.3 is 0 Å². The zero-order valence-corrected chi connectivity index (χ0v) is 12.5. The molecule has 1 amide bonds. The number of amides is 1. The Morgan fingerprint density at radius 1 is 1.22 bits per heavy atom. The molecule has 0 atom stereocenters. The molecule has 1 rings (SSSR count). The molecule has 0 saturated heterocycles. The van der Waals surface area contributed by atoms with Gasteiger partial charge < -0.3 is 10.6 Å². The van der Waals surface area contributed by atoms with Crippen LogP contribution in [0.15, 0.2) is 0 Å². The van der Waals surface area contributed by atoms with Crippen LogP contribution in [0.2, 0.25) is 0 Å². The Morgan fingerprint density at radius 3 is 2.28 bits per heavy atom. The molecule has 0 aromatic rings. The number of carbonyl (C=O) groups excluding carboxylic acids is 1. The molecule has 18 heavy (non-hydrogen) atoms. The van der Waals surface area contributed by atoms with E-state index >= 15 is 0 Å². The molecule has 1 fully saturated rings. The minimum atomic E-state index is 0.147. The Bertz CT molecular complexity index is 249. The molecule has 0 spiro atoms. The van der Waals surface area contributed by atoms with Crippen LogP contribution in [0.1, 0.15) is 66.2 Å². The van der Waals surface area contributed by atoms with Gasteiger partial charge in [0.05, 0.1) is 6.54 Å². The highest BCUT2D eigenvalue weighted by molar-refractivity contribution is 5.78. The maximum atomic E-state index is 11.8. The molecular formula is C15H30N2O. The third-order valence-electron chi connectivity index (χ3n) is 4.24. The van der Waals surface area contributed by atoms with Crippen molar-refractivity contribution >= 4 is 5.91 Å². The van der Waals surface area contributed by atoms with Gasteiger partial charge in [0.25, 0.3) is 0 Å². The summed E-state index contributed by atoms with van der Waals surface area (Å²) >= 11 is 0. The van der Waals surface area contributed by atoms with E-state index in [2.05, 4.69) is 38.3 Å². The van der Waals surface area contributed by atoms with Crippen LogP contribution >= 0.6 is 0 Å². The number of rotatable bonds is 6. The zero-order valence-electron chi connectivity index (χ0n) is 12.5. The molecule has 3 nitrogen and oxygen atoms in total. The lowest BCUT2D eigenvalue weighted by Crippen LogP contribution is -2.44. The topological polar surface area (TPSA) is 41.1 Å². The van der Waals surface area contributed by atoms with Crippen molar-refractivity contribution in [1.82, 2.24) is 10.6 Å². The predicted molar refractivity (Wildman–Crippen MR) is 76.6 cm³/mol. The fraction of sp³-hybridized carbons (Fsp3) is 0.933. The Morgan fingerprint density at radius 2 is 1.78 bits per heavy atom. The van der Waals surface area contributed by atoms with Gasteiger partial charge in [-0.1, -0.05) is 27.7 Å². The first-order chi connectivity index (χ1) is 8.46. The van der Waals surface area contributed by atoms with E-state index in [1.807, 2.05) is 0 Å². The molecule has 1 saturated carbocycles. The van der Waals surface area contributed by atoms with Crippen molar-refractivity contribution < 1.29 is 4.79 Å². The average molecular weight is 254 g/mol. The molecule has 0 heterocycles. The van der Waals surface area contributed by atoms with E-state index in [4.69, 9.17) is 0 Å². The molecular weight excluding hydrogens is 224 g/mol. The van der Waals surface area contributed by atoms with Gasteiger partial charge in [0.15, 0.2) is 0 Å². The first-order valence-corrected chi connectivity index (χ1v) is 7.49. The Kier molecular flexibility index (Phi) is 6.13. The quantitative estimate of drug-likeness (QED) is 0.765. The lowest BCUT2D eigenvalue weighted by atomic mass is 9.75. The molecule has 106 valence electrons. The number of hydrogen-bond acceptors (Lipinski definition) is 2. The first-order valence-electron chi connectivity index (χ1n) is 7.49. The fourth-order valence-corrected chi connectivity index (χ4v) is 2.61. The van der Waals surface area contributed by atoms with Crippen molar-refractivity contribution in [3.8, 4) is 0 Å². The highest BCUT2D eigenvalue weighted by Gasteiger charge is 2.26. The first kappa shape index (κ1) is 15.5. The van der Waals surface area contributed by atoms with Crippen LogP contribution in [-0.2, 0) is 4.79 Å². The third-order valence-corrected chi connectivity index (χ3v) is 4.24. The van der Waals surface area contributed by atoms with Gasteiger partial charge in [-0.2, -0.15) is 0 Å². The molecule has 0 unspecified atom stereocenters. The van der Waals surface area contributed by atoms with E-state index in [1.165, 1.54) is 25.7 Å². The largest absolute Gasteiger partial charge is 0.352 e. The molecule has 0 aromatic carbocycles. The van der Waals surface area contributed by atoms with Crippen LogP contribution in [0.5, 0.6) is 0 Å². The number of carbonyl (C=O) groups is 1. The SMILES string of the molecule is CCC(CC)NC(=O)CNC1CCC(C)(C)CC1. The highest BCUT2D eigenvalue weighted by atomic mass is 16.1. The van der Waals surface area contributed by atoms with E-state index < -0.39 is 0 Å². The zero-order chi connectivity index (χ0) is 13.6. The summed E-state index contributed by atoms with van der Waals surface area (Å²) in [5.41, 5.74) is 0.496.